The van der Waals surface area contributed by atoms with Gasteiger partial charge in [-0.2, -0.15) is 13.2 Å². The number of alkyl halides is 3. The topological polar surface area (TPSA) is 32.3 Å². The first-order valence-corrected chi connectivity index (χ1v) is 8.67. The summed E-state index contributed by atoms with van der Waals surface area (Å²) < 4.78 is 38.0. The molecule has 3 aromatic rings. The Morgan fingerprint density at radius 1 is 1.00 bits per heavy atom. The van der Waals surface area contributed by atoms with Crippen LogP contribution >= 0.6 is 0 Å². The van der Waals surface area contributed by atoms with Crippen LogP contribution in [0.25, 0.3) is 10.8 Å². The molecular formula is C21H17F3N2O. The molecule has 1 aliphatic heterocycles. The zero-order valence-electron chi connectivity index (χ0n) is 14.6. The summed E-state index contributed by atoms with van der Waals surface area (Å²) in [5.41, 5.74) is 2.52. The average molecular weight is 370 g/mol. The third-order valence-electron chi connectivity index (χ3n) is 4.87. The van der Waals surface area contributed by atoms with Crippen molar-refractivity contribution < 1.29 is 18.0 Å². The van der Waals surface area contributed by atoms with Crippen molar-refractivity contribution in [3.8, 4) is 0 Å². The van der Waals surface area contributed by atoms with Crippen LogP contribution in [0.1, 0.15) is 28.4 Å². The lowest BCUT2D eigenvalue weighted by atomic mass is 10.0. The number of anilines is 2. The highest BCUT2D eigenvalue weighted by Crippen LogP contribution is 2.40. The molecule has 1 amide bonds. The second-order valence-electron chi connectivity index (χ2n) is 6.46. The lowest BCUT2D eigenvalue weighted by Gasteiger charge is -2.16. The molecule has 1 heterocycles. The second kappa shape index (κ2) is 6.30. The van der Waals surface area contributed by atoms with Crippen LogP contribution in [0.4, 0.5) is 24.5 Å². The van der Waals surface area contributed by atoms with E-state index < -0.39 is 11.7 Å². The molecule has 3 aromatic carbocycles. The van der Waals surface area contributed by atoms with E-state index in [0.717, 1.165) is 39.8 Å². The fourth-order valence-corrected chi connectivity index (χ4v) is 3.52. The minimum Gasteiger partial charge on any atom is -0.380 e. The van der Waals surface area contributed by atoms with Crippen molar-refractivity contribution in [3.63, 3.8) is 0 Å². The van der Waals surface area contributed by atoms with Gasteiger partial charge < -0.3 is 10.2 Å². The summed E-state index contributed by atoms with van der Waals surface area (Å²) in [6, 6.07) is 14.6. The maximum atomic E-state index is 12.7. The monoisotopic (exact) mass is 370 g/mol. The molecule has 138 valence electrons. The number of benzene rings is 3. The Bertz CT molecular complexity index is 1030. The first kappa shape index (κ1) is 17.4. The number of hydrogen-bond donors (Lipinski definition) is 1. The molecule has 1 N–H and O–H groups in total. The maximum absolute atomic E-state index is 12.7. The van der Waals surface area contributed by atoms with Crippen molar-refractivity contribution in [3.05, 3.63) is 71.3 Å². The van der Waals surface area contributed by atoms with Crippen LogP contribution in [-0.2, 0) is 12.7 Å². The number of hydrogen-bond acceptors (Lipinski definition) is 2. The third-order valence-corrected chi connectivity index (χ3v) is 4.87. The Morgan fingerprint density at radius 3 is 2.41 bits per heavy atom. The smallest absolute Gasteiger partial charge is 0.380 e. The molecule has 0 unspecified atom stereocenters. The molecule has 0 saturated heterocycles. The van der Waals surface area contributed by atoms with Gasteiger partial charge in [0.25, 0.3) is 5.91 Å². The van der Waals surface area contributed by atoms with Gasteiger partial charge in [-0.05, 0) is 42.8 Å². The molecule has 0 bridgehead atoms. The van der Waals surface area contributed by atoms with Gasteiger partial charge >= 0.3 is 6.18 Å². The van der Waals surface area contributed by atoms with Crippen LogP contribution < -0.4 is 10.2 Å². The first-order chi connectivity index (χ1) is 12.9. The quantitative estimate of drug-likeness (QED) is 0.662. The summed E-state index contributed by atoms with van der Waals surface area (Å²) >= 11 is 0. The van der Waals surface area contributed by atoms with Crippen molar-refractivity contribution in [1.29, 1.82) is 0 Å². The van der Waals surface area contributed by atoms with Crippen LogP contribution in [0, 0.1) is 0 Å². The van der Waals surface area contributed by atoms with E-state index in [9.17, 15) is 18.0 Å². The van der Waals surface area contributed by atoms with Crippen LogP contribution in [0.2, 0.25) is 0 Å². The molecule has 0 atom stereocenters. The lowest BCUT2D eigenvalue weighted by molar-refractivity contribution is -0.137. The van der Waals surface area contributed by atoms with Gasteiger partial charge in [0.15, 0.2) is 0 Å². The van der Waals surface area contributed by atoms with E-state index in [-0.39, 0.29) is 5.91 Å². The predicted octanol–water partition coefficient (Wildman–Crippen LogP) is 5.45. The molecular weight excluding hydrogens is 353 g/mol. The highest BCUT2D eigenvalue weighted by molar-refractivity contribution is 6.26. The van der Waals surface area contributed by atoms with Crippen molar-refractivity contribution in [2.45, 2.75) is 19.6 Å². The highest BCUT2D eigenvalue weighted by atomic mass is 19.4. The maximum Gasteiger partial charge on any atom is 0.416 e. The number of amides is 1. The summed E-state index contributed by atoms with van der Waals surface area (Å²) in [7, 11) is 0. The number of rotatable bonds is 4. The van der Waals surface area contributed by atoms with E-state index in [1.165, 1.54) is 12.1 Å². The van der Waals surface area contributed by atoms with Gasteiger partial charge in [-0.3, -0.25) is 4.79 Å². The van der Waals surface area contributed by atoms with E-state index >= 15 is 0 Å². The van der Waals surface area contributed by atoms with Crippen molar-refractivity contribution >= 4 is 28.1 Å². The second-order valence-corrected chi connectivity index (χ2v) is 6.46. The Labute approximate surface area is 154 Å². The molecule has 4 rings (SSSR count). The van der Waals surface area contributed by atoms with E-state index in [4.69, 9.17) is 0 Å². The van der Waals surface area contributed by atoms with Gasteiger partial charge in [0.2, 0.25) is 0 Å². The third kappa shape index (κ3) is 2.91. The number of carbonyl (C=O) groups excluding carboxylic acids is 1. The summed E-state index contributed by atoms with van der Waals surface area (Å²) in [4.78, 5) is 14.3. The summed E-state index contributed by atoms with van der Waals surface area (Å²) in [5, 5.41) is 5.13. The molecule has 1 aliphatic rings. The van der Waals surface area contributed by atoms with Crippen LogP contribution in [0.15, 0.2) is 54.6 Å². The molecule has 0 radical (unpaired) electrons. The van der Waals surface area contributed by atoms with Crippen LogP contribution in [0.3, 0.4) is 0 Å². The van der Waals surface area contributed by atoms with E-state index in [1.807, 2.05) is 37.3 Å². The molecule has 6 heteroatoms. The standard InChI is InChI=1S/C21H17F3N2O/c1-2-26-18-11-10-17(15-4-3-5-16(19(15)18)20(26)27)25-12-13-6-8-14(9-7-13)21(22,23)24/h3-11,25H,2,12H2,1H3. The fraction of sp³-hybridized carbons (Fsp3) is 0.190. The number of halogens is 3. The zero-order chi connectivity index (χ0) is 19.2. The first-order valence-electron chi connectivity index (χ1n) is 8.67. The van der Waals surface area contributed by atoms with Gasteiger partial charge in [0.05, 0.1) is 11.3 Å². The Kier molecular flexibility index (Phi) is 4.06. The number of carbonyl (C=O) groups is 1. The summed E-state index contributed by atoms with van der Waals surface area (Å²) in [5.74, 6) is -0.00186. The minimum absolute atomic E-state index is 0.00186. The van der Waals surface area contributed by atoms with E-state index in [1.54, 1.807) is 4.90 Å². The van der Waals surface area contributed by atoms with Crippen molar-refractivity contribution in [2.24, 2.45) is 0 Å². The molecule has 0 saturated carbocycles. The van der Waals surface area contributed by atoms with Crippen LogP contribution in [0.5, 0.6) is 0 Å². The molecule has 0 aliphatic carbocycles. The summed E-state index contributed by atoms with van der Waals surface area (Å²) in [6.45, 7) is 2.93. The van der Waals surface area contributed by atoms with Gasteiger partial charge in [0.1, 0.15) is 0 Å². The molecule has 0 fully saturated rings. The van der Waals surface area contributed by atoms with Crippen molar-refractivity contribution in [2.75, 3.05) is 16.8 Å². The van der Waals surface area contributed by atoms with E-state index in [2.05, 4.69) is 5.32 Å². The predicted molar refractivity (Wildman–Crippen MR) is 100 cm³/mol. The normalized spacial score (nSPS) is 13.5. The zero-order valence-corrected chi connectivity index (χ0v) is 14.6. The van der Waals surface area contributed by atoms with E-state index in [0.29, 0.717) is 18.7 Å². The fourth-order valence-electron chi connectivity index (χ4n) is 3.52. The number of nitrogens with zero attached hydrogens (tertiary/aromatic N) is 1. The minimum atomic E-state index is -4.33. The highest BCUT2D eigenvalue weighted by Gasteiger charge is 2.30. The molecule has 27 heavy (non-hydrogen) atoms. The van der Waals surface area contributed by atoms with Gasteiger partial charge in [-0.15, -0.1) is 0 Å². The largest absolute Gasteiger partial charge is 0.416 e. The Morgan fingerprint density at radius 2 is 1.74 bits per heavy atom. The van der Waals surface area contributed by atoms with Gasteiger partial charge in [-0.1, -0.05) is 24.3 Å². The molecule has 0 spiro atoms. The Hall–Kier alpha value is -3.02. The Balaban J connectivity index is 1.63. The SMILES string of the molecule is CCN1C(=O)c2cccc3c(NCc4ccc(C(F)(F)F)cc4)ccc1c23. The van der Waals surface area contributed by atoms with Gasteiger partial charge in [0, 0.05) is 35.1 Å². The van der Waals surface area contributed by atoms with Gasteiger partial charge in [-0.25, -0.2) is 0 Å². The van der Waals surface area contributed by atoms with Crippen molar-refractivity contribution in [1.82, 2.24) is 0 Å². The average Bonchev–Trinajstić information content (AvgIpc) is 2.94. The summed E-state index contributed by atoms with van der Waals surface area (Å²) in [6.07, 6.45) is -4.33. The van der Waals surface area contributed by atoms with Crippen LogP contribution in [-0.4, -0.2) is 12.5 Å². The molecule has 3 nitrogen and oxygen atoms in total. The molecule has 0 aromatic heterocycles. The lowest BCUT2D eigenvalue weighted by Crippen LogP contribution is -2.25. The number of nitrogens with one attached hydrogen (secondary N) is 1.